The van der Waals surface area contributed by atoms with Crippen LogP contribution in [0.4, 0.5) is 13.8 Å². The molecule has 0 aliphatic heterocycles. The molecule has 0 atom stereocenters. The van der Waals surface area contributed by atoms with Gasteiger partial charge in [-0.2, -0.15) is 8.78 Å². The molecule has 0 bridgehead atoms. The van der Waals surface area contributed by atoms with E-state index in [4.69, 9.17) is 4.74 Å². The number of halogens is 2. The summed E-state index contributed by atoms with van der Waals surface area (Å²) in [4.78, 5) is 26.1. The Morgan fingerprint density at radius 1 is 1.19 bits per heavy atom. The van der Waals surface area contributed by atoms with Crippen LogP contribution in [-0.4, -0.2) is 25.1 Å². The molecule has 8 heteroatoms. The van der Waals surface area contributed by atoms with E-state index in [2.05, 4.69) is 10.1 Å². The number of fused-ring (bicyclic) bond motifs is 1. The van der Waals surface area contributed by atoms with E-state index in [-0.39, 0.29) is 17.9 Å². The second kappa shape index (κ2) is 8.47. The molecule has 1 heterocycles. The first-order valence-electron chi connectivity index (χ1n) is 8.67. The van der Waals surface area contributed by atoms with Gasteiger partial charge in [0.25, 0.3) is 5.91 Å². The lowest BCUT2D eigenvalue weighted by molar-refractivity contribution is -0.0498. The van der Waals surface area contributed by atoms with Gasteiger partial charge in [0.05, 0.1) is 12.2 Å². The van der Waals surface area contributed by atoms with Crippen molar-refractivity contribution in [3.8, 4) is 5.75 Å². The van der Waals surface area contributed by atoms with Crippen molar-refractivity contribution in [3.05, 3.63) is 45.8 Å². The Labute approximate surface area is 159 Å². The average Bonchev–Trinajstić information content (AvgIpc) is 2.99. The van der Waals surface area contributed by atoms with Crippen molar-refractivity contribution in [1.82, 2.24) is 0 Å². The molecule has 2 aromatic rings. The third kappa shape index (κ3) is 4.44. The maximum atomic E-state index is 12.5. The zero-order chi connectivity index (χ0) is 19.4. The van der Waals surface area contributed by atoms with Crippen LogP contribution in [0.1, 0.15) is 50.9 Å². The van der Waals surface area contributed by atoms with E-state index in [1.54, 1.807) is 6.92 Å². The van der Waals surface area contributed by atoms with Crippen LogP contribution in [-0.2, 0) is 17.6 Å². The molecule has 1 aromatic heterocycles. The maximum absolute atomic E-state index is 12.5. The molecule has 0 spiro atoms. The van der Waals surface area contributed by atoms with E-state index < -0.39 is 18.5 Å². The molecule has 27 heavy (non-hydrogen) atoms. The quantitative estimate of drug-likeness (QED) is 0.723. The SMILES string of the molecule is CCOC(=O)c1c(NC(=O)c2ccc(OC(F)F)cc2)sc2c1CCCC2. The highest BCUT2D eigenvalue weighted by atomic mass is 32.1. The second-order valence-corrected chi connectivity index (χ2v) is 7.10. The van der Waals surface area contributed by atoms with Gasteiger partial charge in [-0.15, -0.1) is 11.3 Å². The number of amides is 1. The van der Waals surface area contributed by atoms with Gasteiger partial charge in [-0.3, -0.25) is 4.79 Å². The van der Waals surface area contributed by atoms with Crippen molar-refractivity contribution >= 4 is 28.2 Å². The molecule has 0 unspecified atom stereocenters. The molecule has 0 saturated carbocycles. The number of rotatable bonds is 6. The van der Waals surface area contributed by atoms with Gasteiger partial charge in [-0.05, 0) is 62.4 Å². The van der Waals surface area contributed by atoms with Crippen molar-refractivity contribution in [1.29, 1.82) is 0 Å². The van der Waals surface area contributed by atoms with E-state index >= 15 is 0 Å². The van der Waals surface area contributed by atoms with Gasteiger partial charge >= 0.3 is 12.6 Å². The van der Waals surface area contributed by atoms with Crippen molar-refractivity contribution < 1.29 is 27.8 Å². The van der Waals surface area contributed by atoms with Gasteiger partial charge in [0.15, 0.2) is 0 Å². The third-order valence-electron chi connectivity index (χ3n) is 4.22. The standard InChI is InChI=1S/C19H19F2NO4S/c1-2-25-18(24)15-13-5-3-4-6-14(13)27-17(15)22-16(23)11-7-9-12(10-8-11)26-19(20)21/h7-10,19H,2-6H2,1H3,(H,22,23). The molecule has 0 radical (unpaired) electrons. The van der Waals surface area contributed by atoms with Crippen molar-refractivity contribution in [2.75, 3.05) is 11.9 Å². The lowest BCUT2D eigenvalue weighted by Crippen LogP contribution is -2.15. The van der Waals surface area contributed by atoms with E-state index in [1.807, 2.05) is 0 Å². The van der Waals surface area contributed by atoms with Crippen LogP contribution in [0, 0.1) is 0 Å². The highest BCUT2D eigenvalue weighted by Crippen LogP contribution is 2.38. The molecule has 1 amide bonds. The van der Waals surface area contributed by atoms with Crippen LogP contribution in [0.25, 0.3) is 0 Å². The summed E-state index contributed by atoms with van der Waals surface area (Å²) in [6.45, 7) is -0.935. The van der Waals surface area contributed by atoms with Crippen LogP contribution in [0.5, 0.6) is 5.75 Å². The summed E-state index contributed by atoms with van der Waals surface area (Å²) in [6, 6.07) is 5.38. The molecule has 0 saturated heterocycles. The molecule has 1 aliphatic rings. The number of nitrogens with one attached hydrogen (secondary N) is 1. The summed E-state index contributed by atoms with van der Waals surface area (Å²) < 4.78 is 33.9. The van der Waals surface area contributed by atoms with Crippen LogP contribution in [0.15, 0.2) is 24.3 Å². The van der Waals surface area contributed by atoms with E-state index in [0.29, 0.717) is 10.6 Å². The number of carbonyl (C=O) groups excluding carboxylic acids is 2. The summed E-state index contributed by atoms with van der Waals surface area (Å²) >= 11 is 1.39. The number of ether oxygens (including phenoxy) is 2. The van der Waals surface area contributed by atoms with E-state index in [1.165, 1.54) is 35.6 Å². The number of alkyl halides is 2. The van der Waals surface area contributed by atoms with Gasteiger partial charge in [0, 0.05) is 10.4 Å². The van der Waals surface area contributed by atoms with Crippen LogP contribution in [0.3, 0.4) is 0 Å². The Balaban J connectivity index is 1.83. The van der Waals surface area contributed by atoms with Gasteiger partial charge in [0.1, 0.15) is 10.8 Å². The van der Waals surface area contributed by atoms with Crippen molar-refractivity contribution in [3.63, 3.8) is 0 Å². The Hall–Kier alpha value is -2.48. The molecule has 1 N–H and O–H groups in total. The minimum Gasteiger partial charge on any atom is -0.462 e. The largest absolute Gasteiger partial charge is 0.462 e. The summed E-state index contributed by atoms with van der Waals surface area (Å²) in [7, 11) is 0. The van der Waals surface area contributed by atoms with Crippen molar-refractivity contribution in [2.45, 2.75) is 39.2 Å². The molecular formula is C19H19F2NO4S. The third-order valence-corrected chi connectivity index (χ3v) is 5.43. The number of anilines is 1. The highest BCUT2D eigenvalue weighted by Gasteiger charge is 2.27. The molecule has 5 nitrogen and oxygen atoms in total. The first-order valence-corrected chi connectivity index (χ1v) is 9.49. The van der Waals surface area contributed by atoms with Gasteiger partial charge < -0.3 is 14.8 Å². The van der Waals surface area contributed by atoms with Gasteiger partial charge in [-0.25, -0.2) is 4.79 Å². The fourth-order valence-corrected chi connectivity index (χ4v) is 4.31. The smallest absolute Gasteiger partial charge is 0.387 e. The first kappa shape index (κ1) is 19.3. The van der Waals surface area contributed by atoms with Gasteiger partial charge in [0.2, 0.25) is 0 Å². The minimum absolute atomic E-state index is 0.0275. The Morgan fingerprint density at radius 2 is 1.89 bits per heavy atom. The fourth-order valence-electron chi connectivity index (χ4n) is 3.04. The van der Waals surface area contributed by atoms with Crippen LogP contribution >= 0.6 is 11.3 Å². The topological polar surface area (TPSA) is 64.6 Å². The zero-order valence-corrected chi connectivity index (χ0v) is 15.5. The van der Waals surface area contributed by atoms with Crippen molar-refractivity contribution in [2.24, 2.45) is 0 Å². The summed E-state index contributed by atoms with van der Waals surface area (Å²) in [5.41, 5.74) is 1.67. The number of benzene rings is 1. The predicted octanol–water partition coefficient (Wildman–Crippen LogP) is 4.66. The van der Waals surface area contributed by atoms with Crippen LogP contribution in [0.2, 0.25) is 0 Å². The number of aryl methyl sites for hydroxylation is 1. The van der Waals surface area contributed by atoms with E-state index in [0.717, 1.165) is 36.1 Å². The zero-order valence-electron chi connectivity index (χ0n) is 14.7. The second-order valence-electron chi connectivity index (χ2n) is 5.99. The molecule has 144 valence electrons. The molecule has 3 rings (SSSR count). The maximum Gasteiger partial charge on any atom is 0.387 e. The first-order chi connectivity index (χ1) is 13.0. The Kier molecular flexibility index (Phi) is 6.05. The van der Waals surface area contributed by atoms with Gasteiger partial charge in [-0.1, -0.05) is 0 Å². The minimum atomic E-state index is -2.92. The number of esters is 1. The summed E-state index contributed by atoms with van der Waals surface area (Å²) in [5.74, 6) is -0.893. The lowest BCUT2D eigenvalue weighted by atomic mass is 9.95. The number of thiophene rings is 1. The Bertz CT molecular complexity index is 833. The molecule has 1 aromatic carbocycles. The summed E-state index contributed by atoms with van der Waals surface area (Å²) in [5, 5.41) is 3.24. The molecular weight excluding hydrogens is 376 g/mol. The molecule has 0 fully saturated rings. The van der Waals surface area contributed by atoms with Crippen LogP contribution < -0.4 is 10.1 Å². The summed E-state index contributed by atoms with van der Waals surface area (Å²) in [6.07, 6.45) is 3.71. The fraction of sp³-hybridized carbons (Fsp3) is 0.368. The lowest BCUT2D eigenvalue weighted by Gasteiger charge is -2.12. The highest BCUT2D eigenvalue weighted by molar-refractivity contribution is 7.17. The van der Waals surface area contributed by atoms with E-state index in [9.17, 15) is 18.4 Å². The number of hydrogen-bond donors (Lipinski definition) is 1. The number of carbonyl (C=O) groups is 2. The average molecular weight is 395 g/mol. The molecule has 1 aliphatic carbocycles. The number of hydrogen-bond acceptors (Lipinski definition) is 5. The monoisotopic (exact) mass is 395 g/mol. The predicted molar refractivity (Wildman–Crippen MR) is 97.9 cm³/mol. The Morgan fingerprint density at radius 3 is 2.56 bits per heavy atom. The normalized spacial score (nSPS) is 13.2.